The maximum atomic E-state index is 4.54. The van der Waals surface area contributed by atoms with E-state index in [-0.39, 0.29) is 0 Å². The van der Waals surface area contributed by atoms with Gasteiger partial charge in [0.2, 0.25) is 0 Å². The average Bonchev–Trinajstić information content (AvgIpc) is 2.56. The van der Waals surface area contributed by atoms with Crippen LogP contribution in [0.5, 0.6) is 0 Å². The van der Waals surface area contributed by atoms with Crippen molar-refractivity contribution in [2.45, 2.75) is 25.9 Å². The van der Waals surface area contributed by atoms with Gasteiger partial charge in [0.05, 0.1) is 5.52 Å². The standard InChI is InChI=1S/C11H13N3/c1-8-6-7-14-11(12-8)9-4-2-3-5-10(9)13-14/h2-5,8,12H,6-7H2,1H3. The third-order valence-electron chi connectivity index (χ3n) is 2.80. The molecule has 72 valence electrons. The Morgan fingerprint density at radius 2 is 2.29 bits per heavy atom. The van der Waals surface area contributed by atoms with Gasteiger partial charge in [-0.1, -0.05) is 12.1 Å². The van der Waals surface area contributed by atoms with Crippen LogP contribution in [0.4, 0.5) is 5.82 Å². The first-order valence-electron chi connectivity index (χ1n) is 5.07. The molecule has 1 aromatic heterocycles. The largest absolute Gasteiger partial charge is 0.367 e. The van der Waals surface area contributed by atoms with Crippen molar-refractivity contribution in [3.63, 3.8) is 0 Å². The predicted octanol–water partition coefficient (Wildman–Crippen LogP) is 2.24. The summed E-state index contributed by atoms with van der Waals surface area (Å²) in [6.45, 7) is 3.24. The Morgan fingerprint density at radius 1 is 1.43 bits per heavy atom. The summed E-state index contributed by atoms with van der Waals surface area (Å²) in [7, 11) is 0. The Balaban J connectivity index is 2.25. The second kappa shape index (κ2) is 2.74. The first kappa shape index (κ1) is 7.85. The van der Waals surface area contributed by atoms with E-state index >= 15 is 0 Å². The van der Waals surface area contributed by atoms with Crippen LogP contribution in [0.3, 0.4) is 0 Å². The number of hydrogen-bond donors (Lipinski definition) is 1. The number of benzene rings is 1. The number of aromatic nitrogens is 2. The molecule has 1 aliphatic heterocycles. The minimum Gasteiger partial charge on any atom is -0.367 e. The van der Waals surface area contributed by atoms with Crippen LogP contribution in [0.15, 0.2) is 24.3 Å². The second-order valence-corrected chi connectivity index (χ2v) is 3.92. The Kier molecular flexibility index (Phi) is 1.54. The molecular weight excluding hydrogens is 174 g/mol. The highest BCUT2D eigenvalue weighted by Crippen LogP contribution is 2.27. The predicted molar refractivity (Wildman–Crippen MR) is 57.4 cm³/mol. The molecule has 14 heavy (non-hydrogen) atoms. The topological polar surface area (TPSA) is 29.9 Å². The molecule has 1 aliphatic rings. The summed E-state index contributed by atoms with van der Waals surface area (Å²) >= 11 is 0. The zero-order valence-corrected chi connectivity index (χ0v) is 8.20. The smallest absolute Gasteiger partial charge is 0.132 e. The molecule has 1 unspecified atom stereocenters. The lowest BCUT2D eigenvalue weighted by Gasteiger charge is -2.22. The monoisotopic (exact) mass is 187 g/mol. The number of fused-ring (bicyclic) bond motifs is 3. The molecule has 2 heterocycles. The summed E-state index contributed by atoms with van der Waals surface area (Å²) in [6, 6.07) is 8.84. The van der Waals surface area contributed by atoms with E-state index in [1.54, 1.807) is 0 Å². The van der Waals surface area contributed by atoms with Gasteiger partial charge in [0.1, 0.15) is 5.82 Å². The van der Waals surface area contributed by atoms with E-state index in [2.05, 4.69) is 40.2 Å². The number of aryl methyl sites for hydroxylation is 1. The van der Waals surface area contributed by atoms with E-state index in [9.17, 15) is 0 Å². The van der Waals surface area contributed by atoms with E-state index in [1.165, 1.54) is 11.2 Å². The summed E-state index contributed by atoms with van der Waals surface area (Å²) in [5.41, 5.74) is 1.09. The van der Waals surface area contributed by atoms with E-state index in [4.69, 9.17) is 0 Å². The normalized spacial score (nSPS) is 20.5. The zero-order valence-electron chi connectivity index (χ0n) is 8.20. The van der Waals surface area contributed by atoms with Crippen LogP contribution in [0.1, 0.15) is 13.3 Å². The van der Waals surface area contributed by atoms with Crippen molar-refractivity contribution in [3.8, 4) is 0 Å². The van der Waals surface area contributed by atoms with E-state index in [1.807, 2.05) is 6.07 Å². The third kappa shape index (κ3) is 1.02. The van der Waals surface area contributed by atoms with Crippen LogP contribution in [0, 0.1) is 0 Å². The minimum atomic E-state index is 0.558. The average molecular weight is 187 g/mol. The van der Waals surface area contributed by atoms with E-state index in [0.717, 1.165) is 18.5 Å². The van der Waals surface area contributed by atoms with Crippen LogP contribution in [0.25, 0.3) is 10.9 Å². The number of anilines is 1. The Hall–Kier alpha value is -1.51. The fraction of sp³-hybridized carbons (Fsp3) is 0.364. The molecule has 0 saturated heterocycles. The molecule has 0 amide bonds. The summed E-state index contributed by atoms with van der Waals surface area (Å²) < 4.78 is 2.07. The Morgan fingerprint density at radius 3 is 3.21 bits per heavy atom. The molecule has 0 aliphatic carbocycles. The maximum Gasteiger partial charge on any atom is 0.132 e. The number of nitrogens with one attached hydrogen (secondary N) is 1. The molecule has 1 atom stereocenters. The molecule has 1 N–H and O–H groups in total. The Labute approximate surface area is 82.7 Å². The van der Waals surface area contributed by atoms with Gasteiger partial charge in [0, 0.05) is 18.0 Å². The van der Waals surface area contributed by atoms with E-state index < -0.39 is 0 Å². The summed E-state index contributed by atoms with van der Waals surface area (Å²) in [6.07, 6.45) is 1.15. The summed E-state index contributed by atoms with van der Waals surface area (Å²) in [5.74, 6) is 1.18. The quantitative estimate of drug-likeness (QED) is 0.685. The molecular formula is C11H13N3. The van der Waals surface area contributed by atoms with Gasteiger partial charge in [0.15, 0.2) is 0 Å². The van der Waals surface area contributed by atoms with Crippen molar-refractivity contribution in [3.05, 3.63) is 24.3 Å². The highest BCUT2D eigenvalue weighted by atomic mass is 15.3. The lowest BCUT2D eigenvalue weighted by molar-refractivity contribution is 0.516. The van der Waals surface area contributed by atoms with Gasteiger partial charge in [-0.05, 0) is 25.5 Å². The fourth-order valence-corrected chi connectivity index (χ4v) is 2.02. The molecule has 2 aromatic rings. The van der Waals surface area contributed by atoms with Gasteiger partial charge in [-0.2, -0.15) is 5.10 Å². The van der Waals surface area contributed by atoms with Crippen molar-refractivity contribution >= 4 is 16.7 Å². The number of rotatable bonds is 0. The molecule has 0 radical (unpaired) electrons. The van der Waals surface area contributed by atoms with Crippen molar-refractivity contribution in [1.82, 2.24) is 9.78 Å². The van der Waals surface area contributed by atoms with Crippen LogP contribution >= 0.6 is 0 Å². The van der Waals surface area contributed by atoms with Gasteiger partial charge in [-0.3, -0.25) is 0 Å². The molecule has 0 bridgehead atoms. The zero-order chi connectivity index (χ0) is 9.54. The van der Waals surface area contributed by atoms with Crippen molar-refractivity contribution in [2.75, 3.05) is 5.32 Å². The Bertz CT molecular complexity index is 472. The highest BCUT2D eigenvalue weighted by Gasteiger charge is 2.17. The molecule has 0 saturated carbocycles. The lowest BCUT2D eigenvalue weighted by Crippen LogP contribution is -2.25. The van der Waals surface area contributed by atoms with Crippen LogP contribution in [0.2, 0.25) is 0 Å². The highest BCUT2D eigenvalue weighted by molar-refractivity contribution is 5.90. The van der Waals surface area contributed by atoms with E-state index in [0.29, 0.717) is 6.04 Å². The molecule has 0 fully saturated rings. The van der Waals surface area contributed by atoms with Crippen molar-refractivity contribution in [1.29, 1.82) is 0 Å². The molecule has 3 nitrogen and oxygen atoms in total. The van der Waals surface area contributed by atoms with Gasteiger partial charge in [-0.25, -0.2) is 4.68 Å². The molecule has 3 rings (SSSR count). The van der Waals surface area contributed by atoms with Gasteiger partial charge in [-0.15, -0.1) is 0 Å². The van der Waals surface area contributed by atoms with Crippen molar-refractivity contribution < 1.29 is 0 Å². The van der Waals surface area contributed by atoms with Gasteiger partial charge in [0.25, 0.3) is 0 Å². The molecule has 3 heteroatoms. The summed E-state index contributed by atoms with van der Waals surface area (Å²) in [4.78, 5) is 0. The van der Waals surface area contributed by atoms with Crippen LogP contribution < -0.4 is 5.32 Å². The fourth-order valence-electron chi connectivity index (χ4n) is 2.02. The second-order valence-electron chi connectivity index (χ2n) is 3.92. The number of nitrogens with zero attached hydrogens (tertiary/aromatic N) is 2. The summed E-state index contributed by atoms with van der Waals surface area (Å²) in [5, 5.41) is 9.26. The maximum absolute atomic E-state index is 4.54. The van der Waals surface area contributed by atoms with Crippen LogP contribution in [-0.4, -0.2) is 15.8 Å². The van der Waals surface area contributed by atoms with Crippen molar-refractivity contribution in [2.24, 2.45) is 0 Å². The van der Waals surface area contributed by atoms with Gasteiger partial charge < -0.3 is 5.32 Å². The first-order valence-corrected chi connectivity index (χ1v) is 5.07. The van der Waals surface area contributed by atoms with Gasteiger partial charge >= 0.3 is 0 Å². The molecule has 1 aromatic carbocycles. The van der Waals surface area contributed by atoms with Crippen LogP contribution in [-0.2, 0) is 6.54 Å². The SMILES string of the molecule is CC1CCn2nc3ccccc3c2N1. The minimum absolute atomic E-state index is 0.558. The first-order chi connectivity index (χ1) is 6.84. The lowest BCUT2D eigenvalue weighted by atomic mass is 10.2. The third-order valence-corrected chi connectivity index (χ3v) is 2.80. The molecule has 0 spiro atoms. The number of hydrogen-bond acceptors (Lipinski definition) is 2.